The summed E-state index contributed by atoms with van der Waals surface area (Å²) >= 11 is 0. The molecule has 29 heteroatoms. The van der Waals surface area contributed by atoms with Crippen molar-refractivity contribution in [1.29, 1.82) is 0 Å². The van der Waals surface area contributed by atoms with Crippen molar-refractivity contribution in [2.24, 2.45) is 0 Å². The van der Waals surface area contributed by atoms with Gasteiger partial charge in [-0.1, -0.05) is 5.04 Å². The second kappa shape index (κ2) is 9.05. The quantitative estimate of drug-likeness (QED) is 0.180. The van der Waals surface area contributed by atoms with E-state index in [1.54, 1.807) is 0 Å². The van der Waals surface area contributed by atoms with E-state index >= 15 is 0 Å². The van der Waals surface area contributed by atoms with Crippen LogP contribution in [0.5, 0.6) is 0 Å². The van der Waals surface area contributed by atoms with Gasteiger partial charge in [0.1, 0.15) is 0 Å². The Morgan fingerprint density at radius 3 is 0.881 bits per heavy atom. The maximum atomic E-state index is 13.9. The number of hydrogen-bond donors (Lipinski definition) is 0. The van der Waals surface area contributed by atoms with Crippen LogP contribution in [0.2, 0.25) is 0 Å². The highest BCUT2D eigenvalue weighted by Crippen LogP contribution is 2.68. The predicted octanol–water partition coefficient (Wildman–Crippen LogP) is 8.05. The molecule has 0 radical (unpaired) electrons. The Labute approximate surface area is 208 Å². The lowest BCUT2D eigenvalue weighted by Gasteiger charge is -2.47. The average Bonchev–Trinajstić information content (AvgIpc) is 2.75. The minimum atomic E-state index is -9.68. The third kappa shape index (κ3) is 4.02. The van der Waals surface area contributed by atoms with E-state index in [-0.39, 0.29) is 0 Å². The fraction of sp³-hybridized carbons (Fsp3) is 1.00. The van der Waals surface area contributed by atoms with Crippen LogP contribution >= 0.6 is 0 Å². The second-order valence-electron chi connectivity index (χ2n) is 7.59. The molecule has 252 valence electrons. The van der Waals surface area contributed by atoms with E-state index in [1.807, 2.05) is 14.8 Å². The number of rotatable bonds is 9. The molecular formula is C13F26O3. The summed E-state index contributed by atoms with van der Waals surface area (Å²) in [5.74, 6) is -100. The van der Waals surface area contributed by atoms with Gasteiger partial charge in [0.15, 0.2) is 0 Å². The van der Waals surface area contributed by atoms with E-state index in [2.05, 4.69) is 0 Å². The molecule has 0 amide bonds. The third-order valence-corrected chi connectivity index (χ3v) is 4.97. The van der Waals surface area contributed by atoms with Crippen LogP contribution in [-0.4, -0.2) is 77.4 Å². The van der Waals surface area contributed by atoms with E-state index in [1.165, 1.54) is 0 Å². The highest BCUT2D eigenvalue weighted by molar-refractivity contribution is 5.20. The van der Waals surface area contributed by atoms with E-state index < -0.39 is 77.4 Å². The van der Waals surface area contributed by atoms with Crippen molar-refractivity contribution in [2.45, 2.75) is 77.4 Å². The van der Waals surface area contributed by atoms with Gasteiger partial charge >= 0.3 is 77.4 Å². The maximum absolute atomic E-state index is 13.9. The number of alkyl halides is 26. The summed E-state index contributed by atoms with van der Waals surface area (Å²) < 4.78 is 344. The molecule has 0 saturated carbocycles. The first-order valence-electron chi connectivity index (χ1n) is 8.66. The molecule has 1 aliphatic heterocycles. The van der Waals surface area contributed by atoms with Crippen LogP contribution in [0.25, 0.3) is 0 Å². The standard InChI is InChI=1S/C13F26O3/c14-1(15,3(18,19)5(22,23)7(26,27)9(30,31)12(35,36)37)2(16,17)4(20,21)6(24,25)8(28,29)11(34)10(32,33)13(38,39)41-42-40-11. The SMILES string of the molecule is FC(F)(F)C(F)(F)C(F)(F)C(F)(F)C(F)(F)C(F)(F)C(F)(F)C(F)(F)C(F)(F)C(F)(F)C1(F)OOOC(F)(F)C1(F)F. The molecule has 0 aromatic rings. The lowest BCUT2D eigenvalue weighted by atomic mass is 9.84. The molecule has 3 nitrogen and oxygen atoms in total. The molecule has 0 aromatic carbocycles. The van der Waals surface area contributed by atoms with Crippen molar-refractivity contribution in [3.63, 3.8) is 0 Å². The van der Waals surface area contributed by atoms with Gasteiger partial charge in [0, 0.05) is 0 Å². The Hall–Kier alpha value is -1.94. The minimum absolute atomic E-state index is 1.82. The van der Waals surface area contributed by atoms with Gasteiger partial charge in [0.05, 0.1) is 0 Å². The molecule has 1 aliphatic rings. The van der Waals surface area contributed by atoms with Crippen molar-refractivity contribution in [3.8, 4) is 0 Å². The van der Waals surface area contributed by atoms with E-state index in [4.69, 9.17) is 0 Å². The topological polar surface area (TPSA) is 27.7 Å². The number of halogens is 26. The van der Waals surface area contributed by atoms with Crippen LogP contribution in [0.1, 0.15) is 0 Å². The maximum Gasteiger partial charge on any atom is 0.460 e. The molecular weight excluding hydrogens is 698 g/mol. The summed E-state index contributed by atoms with van der Waals surface area (Å²) in [6.07, 6.45) is -15.3. The highest BCUT2D eigenvalue weighted by Gasteiger charge is 3.01. The van der Waals surface area contributed by atoms with Gasteiger partial charge in [-0.05, 0) is 0 Å². The van der Waals surface area contributed by atoms with Crippen LogP contribution in [0.4, 0.5) is 114 Å². The lowest BCUT2D eigenvalue weighted by molar-refractivity contribution is -0.707. The van der Waals surface area contributed by atoms with Crippen LogP contribution in [0.15, 0.2) is 0 Å². The molecule has 0 spiro atoms. The van der Waals surface area contributed by atoms with Gasteiger partial charge in [-0.2, -0.15) is 119 Å². The molecule has 1 atom stereocenters. The zero-order valence-electron chi connectivity index (χ0n) is 17.6. The Balaban J connectivity index is 3.92. The summed E-state index contributed by atoms with van der Waals surface area (Å²) in [5.41, 5.74) is 0. The second-order valence-corrected chi connectivity index (χ2v) is 7.59. The highest BCUT2D eigenvalue weighted by atomic mass is 19.4. The summed E-state index contributed by atoms with van der Waals surface area (Å²) in [6, 6.07) is 0. The van der Waals surface area contributed by atoms with E-state index in [0.29, 0.717) is 0 Å². The van der Waals surface area contributed by atoms with Gasteiger partial charge in [-0.25, -0.2) is 0 Å². The Morgan fingerprint density at radius 1 is 0.333 bits per heavy atom. The first-order chi connectivity index (χ1) is 17.7. The van der Waals surface area contributed by atoms with Crippen molar-refractivity contribution in [2.75, 3.05) is 0 Å². The molecule has 1 fully saturated rings. The molecule has 1 rings (SSSR count). The summed E-state index contributed by atoms with van der Waals surface area (Å²) in [7, 11) is 0. The fourth-order valence-corrected chi connectivity index (χ4v) is 2.41. The largest absolute Gasteiger partial charge is 0.460 e. The Bertz CT molecular complexity index is 1020. The molecule has 42 heavy (non-hydrogen) atoms. The first-order valence-corrected chi connectivity index (χ1v) is 8.66. The van der Waals surface area contributed by atoms with Gasteiger partial charge < -0.3 is 0 Å². The smallest absolute Gasteiger partial charge is 0.194 e. The van der Waals surface area contributed by atoms with Gasteiger partial charge in [0.2, 0.25) is 0 Å². The van der Waals surface area contributed by atoms with Gasteiger partial charge in [0.25, 0.3) is 0 Å². The normalized spacial score (nSPS) is 24.1. The van der Waals surface area contributed by atoms with Crippen LogP contribution < -0.4 is 0 Å². The van der Waals surface area contributed by atoms with E-state index in [9.17, 15) is 114 Å². The van der Waals surface area contributed by atoms with Crippen molar-refractivity contribution >= 4 is 0 Å². The Morgan fingerprint density at radius 2 is 0.595 bits per heavy atom. The van der Waals surface area contributed by atoms with Crippen molar-refractivity contribution < 1.29 is 129 Å². The van der Waals surface area contributed by atoms with Crippen molar-refractivity contribution in [1.82, 2.24) is 0 Å². The molecule has 0 N–H and O–H groups in total. The Kier molecular flexibility index (Phi) is 8.21. The fourth-order valence-electron chi connectivity index (χ4n) is 2.41. The summed E-state index contributed by atoms with van der Waals surface area (Å²) in [6.45, 7) is 0. The average molecular weight is 698 g/mol. The van der Waals surface area contributed by atoms with E-state index in [0.717, 1.165) is 0 Å². The zero-order valence-corrected chi connectivity index (χ0v) is 17.6. The summed E-state index contributed by atoms with van der Waals surface area (Å²) in [5, 5.41) is 2.01. The molecule has 0 aromatic heterocycles. The molecule has 1 saturated heterocycles. The number of hydrogen-bond acceptors (Lipinski definition) is 3. The van der Waals surface area contributed by atoms with Gasteiger partial charge in [-0.15, -0.1) is 4.89 Å². The zero-order chi connectivity index (χ0) is 34.6. The first kappa shape index (κ1) is 38.1. The van der Waals surface area contributed by atoms with Crippen LogP contribution in [0, 0.1) is 0 Å². The molecule has 0 aliphatic carbocycles. The molecule has 0 bridgehead atoms. The molecule has 1 unspecified atom stereocenters. The van der Waals surface area contributed by atoms with Crippen LogP contribution in [0.3, 0.4) is 0 Å². The monoisotopic (exact) mass is 698 g/mol. The van der Waals surface area contributed by atoms with Crippen LogP contribution in [-0.2, 0) is 14.8 Å². The minimum Gasteiger partial charge on any atom is -0.194 e. The van der Waals surface area contributed by atoms with Gasteiger partial charge in [-0.3, -0.25) is 0 Å². The summed E-state index contributed by atoms with van der Waals surface area (Å²) in [4.78, 5) is 3.81. The van der Waals surface area contributed by atoms with Crippen molar-refractivity contribution in [3.05, 3.63) is 0 Å². The lowest BCUT2D eigenvalue weighted by Crippen LogP contribution is -2.80. The third-order valence-electron chi connectivity index (χ3n) is 4.97. The predicted molar refractivity (Wildman–Crippen MR) is 67.6 cm³/mol. The molecule has 1 heterocycles.